The van der Waals surface area contributed by atoms with Crippen molar-refractivity contribution in [1.82, 2.24) is 10.2 Å². The van der Waals surface area contributed by atoms with Crippen LogP contribution in [0, 0.1) is 5.41 Å². The van der Waals surface area contributed by atoms with Crippen LogP contribution in [0.15, 0.2) is 0 Å². The molecule has 3 heteroatoms. The first-order valence-electron chi connectivity index (χ1n) is 8.03. The monoisotopic (exact) mass is 286 g/mol. The molecule has 1 rings (SSSR count). The second-order valence-electron chi connectivity index (χ2n) is 6.43. The van der Waals surface area contributed by atoms with Gasteiger partial charge in [-0.05, 0) is 63.6 Å². The highest BCUT2D eigenvalue weighted by molar-refractivity contribution is 7.98. The predicted molar refractivity (Wildman–Crippen MR) is 89.2 cm³/mol. The van der Waals surface area contributed by atoms with Crippen molar-refractivity contribution in [2.45, 2.75) is 58.4 Å². The fourth-order valence-corrected chi connectivity index (χ4v) is 3.82. The zero-order valence-electron chi connectivity index (χ0n) is 13.5. The number of hydrogen-bond acceptors (Lipinski definition) is 3. The SMILES string of the molecule is CCCNCC1(CN(C)C(C)CCSC)CCCC1. The van der Waals surface area contributed by atoms with Crippen LogP contribution in [-0.4, -0.2) is 49.6 Å². The molecule has 0 heterocycles. The van der Waals surface area contributed by atoms with E-state index in [0.717, 1.165) is 6.04 Å². The molecule has 0 amide bonds. The van der Waals surface area contributed by atoms with E-state index in [1.54, 1.807) is 0 Å². The Balaban J connectivity index is 2.43. The summed E-state index contributed by atoms with van der Waals surface area (Å²) in [5.41, 5.74) is 0.553. The highest BCUT2D eigenvalue weighted by atomic mass is 32.2. The minimum atomic E-state index is 0.553. The van der Waals surface area contributed by atoms with Crippen LogP contribution in [0.4, 0.5) is 0 Å². The van der Waals surface area contributed by atoms with Crippen LogP contribution in [0.2, 0.25) is 0 Å². The molecule has 0 spiro atoms. The quantitative estimate of drug-likeness (QED) is 0.618. The van der Waals surface area contributed by atoms with E-state index in [2.05, 4.69) is 37.4 Å². The van der Waals surface area contributed by atoms with Gasteiger partial charge in [0, 0.05) is 19.1 Å². The molecule has 1 fully saturated rings. The van der Waals surface area contributed by atoms with Crippen LogP contribution in [0.25, 0.3) is 0 Å². The van der Waals surface area contributed by atoms with Gasteiger partial charge >= 0.3 is 0 Å². The summed E-state index contributed by atoms with van der Waals surface area (Å²) in [5, 5.41) is 3.67. The molecule has 0 bridgehead atoms. The van der Waals surface area contributed by atoms with Crippen LogP contribution >= 0.6 is 11.8 Å². The van der Waals surface area contributed by atoms with Crippen molar-refractivity contribution in [3.8, 4) is 0 Å². The molecule has 1 unspecified atom stereocenters. The maximum Gasteiger partial charge on any atom is 0.00719 e. The molecule has 1 aliphatic rings. The average Bonchev–Trinajstić information content (AvgIpc) is 2.85. The Labute approximate surface area is 125 Å². The topological polar surface area (TPSA) is 15.3 Å². The van der Waals surface area contributed by atoms with E-state index in [1.807, 2.05) is 11.8 Å². The van der Waals surface area contributed by atoms with Crippen LogP contribution in [0.5, 0.6) is 0 Å². The molecule has 2 nitrogen and oxygen atoms in total. The van der Waals surface area contributed by atoms with Gasteiger partial charge in [0.25, 0.3) is 0 Å². The third-order valence-electron chi connectivity index (χ3n) is 4.67. The first kappa shape index (κ1) is 17.3. The van der Waals surface area contributed by atoms with Gasteiger partial charge in [0.05, 0.1) is 0 Å². The summed E-state index contributed by atoms with van der Waals surface area (Å²) in [6, 6.07) is 0.719. The first-order chi connectivity index (χ1) is 9.13. The summed E-state index contributed by atoms with van der Waals surface area (Å²) in [6.45, 7) is 8.32. The molecule has 0 aliphatic heterocycles. The Bertz CT molecular complexity index is 227. The Morgan fingerprint density at radius 2 is 2.00 bits per heavy atom. The van der Waals surface area contributed by atoms with E-state index < -0.39 is 0 Å². The van der Waals surface area contributed by atoms with Crippen LogP contribution < -0.4 is 5.32 Å². The molecule has 0 aromatic heterocycles. The minimum Gasteiger partial charge on any atom is -0.316 e. The Morgan fingerprint density at radius 3 is 2.58 bits per heavy atom. The Morgan fingerprint density at radius 1 is 1.32 bits per heavy atom. The number of thioether (sulfide) groups is 1. The van der Waals surface area contributed by atoms with Crippen molar-refractivity contribution in [3.63, 3.8) is 0 Å². The summed E-state index contributed by atoms with van der Waals surface area (Å²) < 4.78 is 0. The molecule has 114 valence electrons. The van der Waals surface area contributed by atoms with Crippen molar-refractivity contribution < 1.29 is 0 Å². The Kier molecular flexibility index (Phi) is 8.43. The van der Waals surface area contributed by atoms with Gasteiger partial charge in [-0.3, -0.25) is 0 Å². The zero-order valence-corrected chi connectivity index (χ0v) is 14.3. The maximum absolute atomic E-state index is 3.67. The van der Waals surface area contributed by atoms with Crippen molar-refractivity contribution in [3.05, 3.63) is 0 Å². The number of nitrogens with zero attached hydrogens (tertiary/aromatic N) is 1. The zero-order chi connectivity index (χ0) is 14.1. The van der Waals surface area contributed by atoms with Gasteiger partial charge < -0.3 is 10.2 Å². The van der Waals surface area contributed by atoms with Gasteiger partial charge in [0.15, 0.2) is 0 Å². The highest BCUT2D eigenvalue weighted by Gasteiger charge is 2.35. The van der Waals surface area contributed by atoms with Crippen LogP contribution in [-0.2, 0) is 0 Å². The lowest BCUT2D eigenvalue weighted by Crippen LogP contribution is -2.44. The van der Waals surface area contributed by atoms with Gasteiger partial charge in [0.2, 0.25) is 0 Å². The molecule has 0 aromatic carbocycles. The van der Waals surface area contributed by atoms with E-state index in [4.69, 9.17) is 0 Å². The second kappa shape index (κ2) is 9.25. The molecular weight excluding hydrogens is 252 g/mol. The number of rotatable bonds is 10. The van der Waals surface area contributed by atoms with Gasteiger partial charge in [-0.1, -0.05) is 19.8 Å². The third-order valence-corrected chi connectivity index (χ3v) is 5.31. The lowest BCUT2D eigenvalue weighted by molar-refractivity contribution is 0.139. The smallest absolute Gasteiger partial charge is 0.00719 e. The summed E-state index contributed by atoms with van der Waals surface area (Å²) in [7, 11) is 2.32. The van der Waals surface area contributed by atoms with Crippen molar-refractivity contribution in [2.24, 2.45) is 5.41 Å². The molecule has 19 heavy (non-hydrogen) atoms. The third kappa shape index (κ3) is 6.05. The summed E-state index contributed by atoms with van der Waals surface area (Å²) in [5.74, 6) is 1.28. The Hall–Kier alpha value is 0.270. The highest BCUT2D eigenvalue weighted by Crippen LogP contribution is 2.38. The summed E-state index contributed by atoms with van der Waals surface area (Å²) in [6.07, 6.45) is 10.5. The van der Waals surface area contributed by atoms with E-state index in [1.165, 1.54) is 63.9 Å². The molecule has 0 radical (unpaired) electrons. The molecule has 1 N–H and O–H groups in total. The lowest BCUT2D eigenvalue weighted by atomic mass is 9.85. The summed E-state index contributed by atoms with van der Waals surface area (Å²) >= 11 is 1.97. The van der Waals surface area contributed by atoms with Crippen molar-refractivity contribution >= 4 is 11.8 Å². The fraction of sp³-hybridized carbons (Fsp3) is 1.00. The maximum atomic E-state index is 3.67. The lowest BCUT2D eigenvalue weighted by Gasteiger charge is -2.36. The van der Waals surface area contributed by atoms with E-state index in [-0.39, 0.29) is 0 Å². The van der Waals surface area contributed by atoms with Crippen LogP contribution in [0.1, 0.15) is 52.4 Å². The van der Waals surface area contributed by atoms with Gasteiger partial charge in [-0.2, -0.15) is 11.8 Å². The fourth-order valence-electron chi connectivity index (χ4n) is 3.24. The molecule has 0 aromatic rings. The summed E-state index contributed by atoms with van der Waals surface area (Å²) in [4.78, 5) is 2.61. The average molecular weight is 287 g/mol. The molecule has 0 saturated heterocycles. The van der Waals surface area contributed by atoms with E-state index in [9.17, 15) is 0 Å². The van der Waals surface area contributed by atoms with Crippen molar-refractivity contribution in [1.29, 1.82) is 0 Å². The standard InChI is InChI=1S/C16H34N2S/c1-5-11-17-13-16(9-6-7-10-16)14-18(3)15(2)8-12-19-4/h15,17H,5-14H2,1-4H3. The minimum absolute atomic E-state index is 0.553. The van der Waals surface area contributed by atoms with Crippen molar-refractivity contribution in [2.75, 3.05) is 38.7 Å². The molecule has 1 saturated carbocycles. The predicted octanol–water partition coefficient (Wildman–Crippen LogP) is 3.62. The molecule has 1 atom stereocenters. The number of nitrogens with one attached hydrogen (secondary N) is 1. The van der Waals surface area contributed by atoms with Gasteiger partial charge in [-0.25, -0.2) is 0 Å². The molecular formula is C16H34N2S. The van der Waals surface area contributed by atoms with E-state index >= 15 is 0 Å². The largest absolute Gasteiger partial charge is 0.316 e. The first-order valence-corrected chi connectivity index (χ1v) is 9.43. The second-order valence-corrected chi connectivity index (χ2v) is 7.42. The number of hydrogen-bond donors (Lipinski definition) is 1. The molecule has 1 aliphatic carbocycles. The van der Waals surface area contributed by atoms with Gasteiger partial charge in [0.1, 0.15) is 0 Å². The normalized spacial score (nSPS) is 20.1. The van der Waals surface area contributed by atoms with Crippen LogP contribution in [0.3, 0.4) is 0 Å². The van der Waals surface area contributed by atoms with Gasteiger partial charge in [-0.15, -0.1) is 0 Å². The van der Waals surface area contributed by atoms with E-state index in [0.29, 0.717) is 5.41 Å².